The molecule has 84 valence electrons. The molecule has 2 aromatic rings. The quantitative estimate of drug-likeness (QED) is 0.808. The summed E-state index contributed by atoms with van der Waals surface area (Å²) in [5.41, 5.74) is 2.27. The Morgan fingerprint density at radius 1 is 0.625 bits per heavy atom. The predicted octanol–water partition coefficient (Wildman–Crippen LogP) is 3.32. The topological polar surface area (TPSA) is 40.5 Å². The monoisotopic (exact) mass is 216 g/mol. The minimum atomic E-state index is 0. The van der Waals surface area contributed by atoms with E-state index in [9.17, 15) is 0 Å². The fourth-order valence-corrected chi connectivity index (χ4v) is 1.46. The van der Waals surface area contributed by atoms with Gasteiger partial charge in [0.2, 0.25) is 0 Å². The van der Waals surface area contributed by atoms with Crippen molar-refractivity contribution in [3.63, 3.8) is 0 Å². The molecular formula is C14H16O2. The maximum Gasteiger partial charge on any atom is 0.115 e. The Kier molecular flexibility index (Phi) is 3.95. The molecule has 0 fully saturated rings. The summed E-state index contributed by atoms with van der Waals surface area (Å²) in [5.74, 6) is 0.564. The third-order valence-electron chi connectivity index (χ3n) is 2.28. The highest BCUT2D eigenvalue weighted by atomic mass is 16.3. The zero-order valence-electron chi connectivity index (χ0n) is 8.22. The first-order chi connectivity index (χ1) is 7.24. The lowest BCUT2D eigenvalue weighted by Crippen LogP contribution is -1.86. The standard InChI is InChI=1S/C13H12O2.CH4/c14-12-5-1-10(2-6-12)9-11-3-7-13(15)8-4-11;/h1-8,14-15H,9H2;1H4. The molecule has 0 unspecified atom stereocenters. The summed E-state index contributed by atoms with van der Waals surface area (Å²) >= 11 is 0. The Bertz CT molecular complexity index is 386. The predicted molar refractivity (Wildman–Crippen MR) is 65.8 cm³/mol. The van der Waals surface area contributed by atoms with E-state index >= 15 is 0 Å². The molecule has 0 atom stereocenters. The van der Waals surface area contributed by atoms with Gasteiger partial charge in [0.05, 0.1) is 0 Å². The van der Waals surface area contributed by atoms with Crippen LogP contribution in [-0.4, -0.2) is 10.2 Å². The van der Waals surface area contributed by atoms with E-state index in [1.54, 1.807) is 24.3 Å². The Morgan fingerprint density at radius 3 is 1.25 bits per heavy atom. The van der Waals surface area contributed by atoms with Crippen molar-refractivity contribution < 1.29 is 10.2 Å². The highest BCUT2D eigenvalue weighted by Gasteiger charge is 1.96. The molecule has 16 heavy (non-hydrogen) atoms. The Morgan fingerprint density at radius 2 is 0.938 bits per heavy atom. The molecule has 0 saturated heterocycles. The minimum Gasteiger partial charge on any atom is -0.508 e. The van der Waals surface area contributed by atoms with E-state index in [-0.39, 0.29) is 18.9 Å². The number of aromatic hydroxyl groups is 2. The Balaban J connectivity index is 0.00000128. The van der Waals surface area contributed by atoms with Crippen molar-refractivity contribution in [2.24, 2.45) is 0 Å². The van der Waals surface area contributed by atoms with E-state index in [1.165, 1.54) is 0 Å². The van der Waals surface area contributed by atoms with Gasteiger partial charge in [0.15, 0.2) is 0 Å². The molecule has 0 spiro atoms. The van der Waals surface area contributed by atoms with Crippen LogP contribution in [0.4, 0.5) is 0 Å². The van der Waals surface area contributed by atoms with E-state index in [0.29, 0.717) is 0 Å². The molecule has 2 nitrogen and oxygen atoms in total. The van der Waals surface area contributed by atoms with Crippen molar-refractivity contribution in [1.82, 2.24) is 0 Å². The molecule has 0 saturated carbocycles. The lowest BCUT2D eigenvalue weighted by atomic mass is 10.1. The van der Waals surface area contributed by atoms with Gasteiger partial charge in [-0.1, -0.05) is 31.7 Å². The van der Waals surface area contributed by atoms with Gasteiger partial charge < -0.3 is 10.2 Å². The average Bonchev–Trinajstić information content (AvgIpc) is 2.25. The normalized spacial score (nSPS) is 9.50. The molecule has 2 rings (SSSR count). The Hall–Kier alpha value is -1.96. The van der Waals surface area contributed by atoms with E-state index in [0.717, 1.165) is 17.5 Å². The second-order valence-electron chi connectivity index (χ2n) is 3.51. The molecule has 0 aliphatic carbocycles. The van der Waals surface area contributed by atoms with Crippen molar-refractivity contribution in [2.75, 3.05) is 0 Å². The number of benzene rings is 2. The van der Waals surface area contributed by atoms with Gasteiger partial charge in [0.1, 0.15) is 11.5 Å². The van der Waals surface area contributed by atoms with Gasteiger partial charge in [-0.25, -0.2) is 0 Å². The van der Waals surface area contributed by atoms with Crippen LogP contribution in [-0.2, 0) is 6.42 Å². The smallest absolute Gasteiger partial charge is 0.115 e. The van der Waals surface area contributed by atoms with Crippen LogP contribution < -0.4 is 0 Å². The van der Waals surface area contributed by atoms with Crippen LogP contribution in [0.1, 0.15) is 18.6 Å². The molecule has 0 aliphatic rings. The highest BCUT2D eigenvalue weighted by Crippen LogP contribution is 2.15. The molecule has 0 radical (unpaired) electrons. The first kappa shape index (κ1) is 12.1. The summed E-state index contributed by atoms with van der Waals surface area (Å²) in [7, 11) is 0. The summed E-state index contributed by atoms with van der Waals surface area (Å²) in [5, 5.41) is 18.3. The molecule has 0 heterocycles. The van der Waals surface area contributed by atoms with Gasteiger partial charge in [-0.3, -0.25) is 0 Å². The van der Waals surface area contributed by atoms with E-state index < -0.39 is 0 Å². The van der Waals surface area contributed by atoms with Crippen LogP contribution in [0.5, 0.6) is 11.5 Å². The lowest BCUT2D eigenvalue weighted by Gasteiger charge is -2.02. The summed E-state index contributed by atoms with van der Waals surface area (Å²) in [6.45, 7) is 0. The zero-order chi connectivity index (χ0) is 10.7. The summed E-state index contributed by atoms with van der Waals surface area (Å²) in [4.78, 5) is 0. The van der Waals surface area contributed by atoms with Crippen LogP contribution in [0.3, 0.4) is 0 Å². The maximum absolute atomic E-state index is 9.13. The highest BCUT2D eigenvalue weighted by molar-refractivity contribution is 5.32. The third kappa shape index (κ3) is 3.02. The van der Waals surface area contributed by atoms with E-state index in [1.807, 2.05) is 24.3 Å². The van der Waals surface area contributed by atoms with E-state index in [2.05, 4.69) is 0 Å². The molecule has 0 bridgehead atoms. The molecular weight excluding hydrogens is 200 g/mol. The molecule has 0 aliphatic heterocycles. The van der Waals surface area contributed by atoms with Crippen LogP contribution in [0.15, 0.2) is 48.5 Å². The number of phenols is 2. The fraction of sp³-hybridized carbons (Fsp3) is 0.143. The fourth-order valence-electron chi connectivity index (χ4n) is 1.46. The largest absolute Gasteiger partial charge is 0.508 e. The number of phenolic OH excluding ortho intramolecular Hbond substituents is 2. The van der Waals surface area contributed by atoms with Crippen LogP contribution in [0.25, 0.3) is 0 Å². The molecule has 2 aromatic carbocycles. The van der Waals surface area contributed by atoms with Crippen molar-refractivity contribution >= 4 is 0 Å². The van der Waals surface area contributed by atoms with Crippen LogP contribution in [0, 0.1) is 0 Å². The maximum atomic E-state index is 9.13. The Labute approximate surface area is 95.8 Å². The third-order valence-corrected chi connectivity index (χ3v) is 2.28. The van der Waals surface area contributed by atoms with Gasteiger partial charge in [-0.15, -0.1) is 0 Å². The van der Waals surface area contributed by atoms with Crippen molar-refractivity contribution in [3.8, 4) is 11.5 Å². The number of rotatable bonds is 2. The molecule has 2 heteroatoms. The SMILES string of the molecule is C.Oc1ccc(Cc2ccc(O)cc2)cc1. The van der Waals surface area contributed by atoms with Gasteiger partial charge in [-0.2, -0.15) is 0 Å². The summed E-state index contributed by atoms with van der Waals surface area (Å²) in [6.07, 6.45) is 0.806. The van der Waals surface area contributed by atoms with Crippen molar-refractivity contribution in [3.05, 3.63) is 59.7 Å². The van der Waals surface area contributed by atoms with Crippen LogP contribution >= 0.6 is 0 Å². The second-order valence-corrected chi connectivity index (χ2v) is 3.51. The summed E-state index contributed by atoms with van der Waals surface area (Å²) in [6, 6.07) is 14.3. The van der Waals surface area contributed by atoms with Gasteiger partial charge in [0, 0.05) is 0 Å². The summed E-state index contributed by atoms with van der Waals surface area (Å²) < 4.78 is 0. The average molecular weight is 216 g/mol. The van der Waals surface area contributed by atoms with Crippen molar-refractivity contribution in [2.45, 2.75) is 13.8 Å². The molecule has 0 amide bonds. The van der Waals surface area contributed by atoms with Gasteiger partial charge >= 0.3 is 0 Å². The minimum absolute atomic E-state index is 0. The van der Waals surface area contributed by atoms with Crippen molar-refractivity contribution in [1.29, 1.82) is 0 Å². The molecule has 0 aromatic heterocycles. The zero-order valence-corrected chi connectivity index (χ0v) is 8.22. The lowest BCUT2D eigenvalue weighted by molar-refractivity contribution is 0.475. The van der Waals surface area contributed by atoms with E-state index in [4.69, 9.17) is 10.2 Å². The van der Waals surface area contributed by atoms with Crippen LogP contribution in [0.2, 0.25) is 0 Å². The van der Waals surface area contributed by atoms with Gasteiger partial charge in [0.25, 0.3) is 0 Å². The first-order valence-corrected chi connectivity index (χ1v) is 4.80. The second kappa shape index (κ2) is 5.21. The van der Waals surface area contributed by atoms with Gasteiger partial charge in [-0.05, 0) is 41.8 Å². The number of hydrogen-bond donors (Lipinski definition) is 2. The number of hydrogen-bond acceptors (Lipinski definition) is 2. The molecule has 2 N–H and O–H groups in total. The first-order valence-electron chi connectivity index (χ1n) is 4.80.